The lowest BCUT2D eigenvalue weighted by atomic mass is 10.1. The summed E-state index contributed by atoms with van der Waals surface area (Å²) in [5.41, 5.74) is -0.687. The fourth-order valence-corrected chi connectivity index (χ4v) is 5.79. The summed E-state index contributed by atoms with van der Waals surface area (Å²) >= 11 is 0. The zero-order valence-corrected chi connectivity index (χ0v) is 19.0. The Bertz CT molecular complexity index is 1240. The molecule has 0 unspecified atom stereocenters. The highest BCUT2D eigenvalue weighted by Gasteiger charge is 2.38. The summed E-state index contributed by atoms with van der Waals surface area (Å²) in [4.78, 5) is 4.35. The molecule has 4 rings (SSSR count). The summed E-state index contributed by atoms with van der Waals surface area (Å²) < 4.78 is 82.8. The molecule has 4 aromatic rings. The molecule has 0 aliphatic carbocycles. The lowest BCUT2D eigenvalue weighted by molar-refractivity contribution is -0.141. The van der Waals surface area contributed by atoms with E-state index in [0.29, 0.717) is 18.2 Å². The maximum Gasteiger partial charge on any atom is 0.418 e. The molecular weight excluding hydrogens is 473 g/mol. The van der Waals surface area contributed by atoms with Crippen LogP contribution < -0.4 is 16.2 Å². The van der Waals surface area contributed by atoms with Gasteiger partial charge >= 0.3 is 12.4 Å². The monoisotopic (exact) mass is 492 g/mol. The van der Waals surface area contributed by atoms with E-state index in [1.54, 1.807) is 0 Å². The topological polar surface area (TPSA) is 17.8 Å². The van der Waals surface area contributed by atoms with Gasteiger partial charge in [0.05, 0.1) is 16.8 Å². The van der Waals surface area contributed by atoms with Gasteiger partial charge < -0.3 is 0 Å². The van der Waals surface area contributed by atoms with E-state index in [2.05, 4.69) is 4.98 Å². The Balaban J connectivity index is 1.97. The minimum Gasteiger partial charge on any atom is -0.299 e. The molecule has 0 N–H and O–H groups in total. The molecular formula is C25H19F6N2P. The second-order valence-corrected chi connectivity index (χ2v) is 9.93. The van der Waals surface area contributed by atoms with Gasteiger partial charge in [-0.15, -0.1) is 0 Å². The lowest BCUT2D eigenvalue weighted by Gasteiger charge is -2.22. The quantitative estimate of drug-likeness (QED) is 0.242. The van der Waals surface area contributed by atoms with Crippen LogP contribution in [0, 0.1) is 13.8 Å². The maximum absolute atomic E-state index is 13.8. The Hall–Kier alpha value is -3.12. The second kappa shape index (κ2) is 8.91. The summed E-state index contributed by atoms with van der Waals surface area (Å²) in [5.74, 6) is 0. The summed E-state index contributed by atoms with van der Waals surface area (Å²) in [6.07, 6.45) is -7.05. The van der Waals surface area contributed by atoms with Gasteiger partial charge in [0.15, 0.2) is 0 Å². The first kappa shape index (κ1) is 24.0. The third kappa shape index (κ3) is 4.87. The van der Waals surface area contributed by atoms with Crippen LogP contribution in [0.1, 0.15) is 22.3 Å². The van der Waals surface area contributed by atoms with Crippen molar-refractivity contribution in [2.45, 2.75) is 26.2 Å². The minimum atomic E-state index is -4.85. The van der Waals surface area contributed by atoms with Crippen LogP contribution in [0.15, 0.2) is 79.1 Å². The number of aryl methyl sites for hydroxylation is 2. The van der Waals surface area contributed by atoms with Crippen LogP contribution in [-0.2, 0) is 12.4 Å². The summed E-state index contributed by atoms with van der Waals surface area (Å²) in [5, 5.41) is 1.63. The number of hydrogen-bond donors (Lipinski definition) is 0. The molecule has 9 heteroatoms. The van der Waals surface area contributed by atoms with Crippen molar-refractivity contribution >= 4 is 24.1 Å². The molecule has 0 radical (unpaired) electrons. The van der Waals surface area contributed by atoms with Gasteiger partial charge in [0, 0.05) is 20.3 Å². The van der Waals surface area contributed by atoms with Crippen LogP contribution in [0.25, 0.3) is 5.69 Å². The number of aromatic nitrogens is 2. The first-order valence-corrected chi connectivity index (χ1v) is 11.5. The smallest absolute Gasteiger partial charge is 0.299 e. The second-order valence-electron chi connectivity index (χ2n) is 7.83. The number of rotatable bonds is 4. The van der Waals surface area contributed by atoms with E-state index >= 15 is 0 Å². The Labute approximate surface area is 193 Å². The summed E-state index contributed by atoms with van der Waals surface area (Å²) in [6, 6.07) is 16.5. The van der Waals surface area contributed by atoms with Gasteiger partial charge in [-0.2, -0.15) is 26.3 Å². The summed E-state index contributed by atoms with van der Waals surface area (Å²) in [6.45, 7) is 3.83. The van der Waals surface area contributed by atoms with Crippen molar-refractivity contribution in [1.82, 2.24) is 9.55 Å². The van der Waals surface area contributed by atoms with E-state index in [1.807, 2.05) is 62.4 Å². The van der Waals surface area contributed by atoms with E-state index in [4.69, 9.17) is 0 Å². The zero-order valence-electron chi connectivity index (χ0n) is 18.1. The van der Waals surface area contributed by atoms with E-state index in [0.717, 1.165) is 26.3 Å². The number of hydrogen-bond acceptors (Lipinski definition) is 1. The first-order chi connectivity index (χ1) is 15.9. The molecule has 176 valence electrons. The van der Waals surface area contributed by atoms with Crippen LogP contribution in [-0.4, -0.2) is 9.55 Å². The van der Waals surface area contributed by atoms with Crippen molar-refractivity contribution in [1.29, 1.82) is 0 Å². The fraction of sp³-hybridized carbons (Fsp3) is 0.160. The zero-order chi connectivity index (χ0) is 24.7. The predicted octanol–water partition coefficient (Wildman–Crippen LogP) is 6.28. The average Bonchev–Trinajstić information content (AvgIpc) is 3.24. The number of alkyl halides is 6. The highest BCUT2D eigenvalue weighted by atomic mass is 31.1. The van der Waals surface area contributed by atoms with Crippen LogP contribution in [0.2, 0.25) is 0 Å². The van der Waals surface area contributed by atoms with Gasteiger partial charge in [-0.1, -0.05) is 59.7 Å². The first-order valence-electron chi connectivity index (χ1n) is 10.2. The average molecular weight is 492 g/mol. The Kier molecular flexibility index (Phi) is 6.30. The van der Waals surface area contributed by atoms with Crippen LogP contribution >= 0.6 is 7.92 Å². The van der Waals surface area contributed by atoms with Gasteiger partial charge in [-0.05, 0) is 42.7 Å². The van der Waals surface area contributed by atoms with Crippen molar-refractivity contribution in [2.75, 3.05) is 0 Å². The standard InChI is InChI=1S/C25H19F6N2P/c1-16-3-8-19(9-4-16)34(20-10-5-17(2)6-11-20)23-32-13-14-33(23)22-15-18(24(26,27)28)7-12-21(22)25(29,30)31/h3-15H,1-2H3. The molecule has 34 heavy (non-hydrogen) atoms. The van der Waals surface area contributed by atoms with Crippen LogP contribution in [0.4, 0.5) is 26.3 Å². The number of imidazole rings is 1. The lowest BCUT2D eigenvalue weighted by Crippen LogP contribution is -2.28. The fourth-order valence-electron chi connectivity index (χ4n) is 3.56. The van der Waals surface area contributed by atoms with Crippen molar-refractivity contribution in [3.63, 3.8) is 0 Å². The van der Waals surface area contributed by atoms with Crippen molar-refractivity contribution in [2.24, 2.45) is 0 Å². The molecule has 0 aliphatic rings. The van der Waals surface area contributed by atoms with Gasteiger partial charge in [0.2, 0.25) is 0 Å². The number of halogens is 6. The molecule has 0 spiro atoms. The SMILES string of the molecule is Cc1ccc(P(c2ccc(C)cc2)c2nccn2-c2cc(C(F)(F)F)ccc2C(F)(F)F)cc1. The third-order valence-corrected chi connectivity index (χ3v) is 7.66. The maximum atomic E-state index is 13.8. The normalized spacial score (nSPS) is 12.4. The Morgan fingerprint density at radius 3 is 1.71 bits per heavy atom. The van der Waals surface area contributed by atoms with Gasteiger partial charge in [0.1, 0.15) is 5.57 Å². The minimum absolute atomic E-state index is 0.243. The molecule has 0 aliphatic heterocycles. The van der Waals surface area contributed by atoms with Gasteiger partial charge in [0.25, 0.3) is 0 Å². The highest BCUT2D eigenvalue weighted by molar-refractivity contribution is 7.79. The Morgan fingerprint density at radius 2 is 1.24 bits per heavy atom. The van der Waals surface area contributed by atoms with Gasteiger partial charge in [-0.25, -0.2) is 4.98 Å². The van der Waals surface area contributed by atoms with Crippen molar-refractivity contribution in [3.05, 3.63) is 101 Å². The summed E-state index contributed by atoms with van der Waals surface area (Å²) in [7, 11) is -1.46. The number of nitrogens with zero attached hydrogens (tertiary/aromatic N) is 2. The molecule has 0 amide bonds. The predicted molar refractivity (Wildman–Crippen MR) is 122 cm³/mol. The highest BCUT2D eigenvalue weighted by Crippen LogP contribution is 2.40. The molecule has 0 saturated heterocycles. The van der Waals surface area contributed by atoms with Crippen LogP contribution in [0.3, 0.4) is 0 Å². The number of benzene rings is 3. The van der Waals surface area contributed by atoms with E-state index < -0.39 is 37.1 Å². The largest absolute Gasteiger partial charge is 0.418 e. The molecule has 0 atom stereocenters. The Morgan fingerprint density at radius 1 is 0.706 bits per heavy atom. The van der Waals surface area contributed by atoms with Crippen molar-refractivity contribution in [3.8, 4) is 5.69 Å². The molecule has 0 bridgehead atoms. The van der Waals surface area contributed by atoms with E-state index in [1.165, 1.54) is 12.4 Å². The van der Waals surface area contributed by atoms with E-state index in [9.17, 15) is 26.3 Å². The molecule has 3 aromatic carbocycles. The third-order valence-electron chi connectivity index (χ3n) is 5.30. The van der Waals surface area contributed by atoms with Gasteiger partial charge in [-0.3, -0.25) is 4.57 Å². The molecule has 1 heterocycles. The molecule has 0 saturated carbocycles. The van der Waals surface area contributed by atoms with Crippen molar-refractivity contribution < 1.29 is 26.3 Å². The molecule has 0 fully saturated rings. The molecule has 2 nitrogen and oxygen atoms in total. The molecule has 1 aromatic heterocycles. The van der Waals surface area contributed by atoms with Crippen LogP contribution in [0.5, 0.6) is 0 Å². The van der Waals surface area contributed by atoms with E-state index in [-0.39, 0.29) is 5.57 Å².